The molecule has 0 rings (SSSR count). The Labute approximate surface area is 406 Å². The molecule has 0 heterocycles. The number of carbonyl (C=O) groups is 2. The molecule has 0 aliphatic heterocycles. The molecule has 0 saturated carbocycles. The summed E-state index contributed by atoms with van der Waals surface area (Å²) in [5, 5.41) is 18.4. The van der Waals surface area contributed by atoms with Gasteiger partial charge in [0.2, 0.25) is 0 Å². The average Bonchev–Trinajstić information content (AvgIpc) is 3.31. The Morgan fingerprint density at radius 1 is 0.439 bits per heavy atom. The Kier molecular flexibility index (Phi) is 50.5. The topological polar surface area (TPSA) is 149 Å². The van der Waals surface area contributed by atoms with Crippen molar-refractivity contribution in [3.8, 4) is 0 Å². The van der Waals surface area contributed by atoms with Gasteiger partial charge in [-0.2, -0.15) is 0 Å². The number of aliphatic hydroxyl groups is 2. The first-order valence-corrected chi connectivity index (χ1v) is 29.6. The van der Waals surface area contributed by atoms with E-state index in [1.54, 1.807) is 0 Å². The highest BCUT2D eigenvalue weighted by Crippen LogP contribution is 2.43. The van der Waals surface area contributed by atoms with Crippen LogP contribution in [0.4, 0.5) is 0 Å². The highest BCUT2D eigenvalue weighted by Gasteiger charge is 2.27. The number of aliphatic hydroxyl groups excluding tert-OH is 2. The van der Waals surface area contributed by atoms with Gasteiger partial charge in [-0.1, -0.05) is 257 Å². The largest absolute Gasteiger partial charge is 0.472 e. The van der Waals surface area contributed by atoms with E-state index >= 15 is 0 Å². The van der Waals surface area contributed by atoms with Gasteiger partial charge >= 0.3 is 19.8 Å². The Hall–Kier alpha value is -1.29. The van der Waals surface area contributed by atoms with Gasteiger partial charge in [0.15, 0.2) is 6.10 Å². The quantitative estimate of drug-likeness (QED) is 0.0233. The highest BCUT2D eigenvalue weighted by atomic mass is 31.2. The number of rotatable bonds is 54. The summed E-state index contributed by atoms with van der Waals surface area (Å²) >= 11 is 0. The molecule has 3 N–H and O–H groups in total. The minimum atomic E-state index is -4.63. The monoisotopic (exact) mass is 959 g/mol. The number of phosphoric acid groups is 1. The van der Waals surface area contributed by atoms with Crippen LogP contribution in [0.3, 0.4) is 0 Å². The maximum atomic E-state index is 12.7. The molecule has 3 atom stereocenters. The molecule has 11 heteroatoms. The minimum absolute atomic E-state index is 0.186. The zero-order chi connectivity index (χ0) is 48.3. The summed E-state index contributed by atoms with van der Waals surface area (Å²) in [6.45, 7) is 2.43. The molecule has 392 valence electrons. The molecule has 66 heavy (non-hydrogen) atoms. The Balaban J connectivity index is 4.10. The normalized spacial score (nSPS) is 13.6. The molecule has 0 radical (unpaired) electrons. The predicted octanol–water partition coefficient (Wildman–Crippen LogP) is 16.3. The van der Waals surface area contributed by atoms with Crippen LogP contribution >= 0.6 is 7.82 Å². The second-order valence-electron chi connectivity index (χ2n) is 19.3. The fraction of sp³-hybridized carbons (Fsp3) is 0.927. The summed E-state index contributed by atoms with van der Waals surface area (Å²) in [6.07, 6.45) is 54.9. The van der Waals surface area contributed by atoms with Crippen LogP contribution < -0.4 is 0 Å². The number of hydrogen-bond donors (Lipinski definition) is 3. The van der Waals surface area contributed by atoms with Crippen LogP contribution in [0.1, 0.15) is 290 Å². The lowest BCUT2D eigenvalue weighted by Gasteiger charge is -2.20. The smallest absolute Gasteiger partial charge is 0.462 e. The van der Waals surface area contributed by atoms with Crippen LogP contribution in [0, 0.1) is 0 Å². The number of esters is 2. The molecule has 0 aliphatic carbocycles. The first-order chi connectivity index (χ1) is 32.2. The van der Waals surface area contributed by atoms with Gasteiger partial charge in [-0.3, -0.25) is 18.6 Å². The molecule has 1 unspecified atom stereocenters. The molecule has 0 amide bonds. The average molecular weight is 959 g/mol. The maximum absolute atomic E-state index is 12.7. The molecule has 0 aliphatic rings. The van der Waals surface area contributed by atoms with Gasteiger partial charge < -0.3 is 24.6 Å². The molecule has 0 spiro atoms. The van der Waals surface area contributed by atoms with E-state index < -0.39 is 51.8 Å². The van der Waals surface area contributed by atoms with Gasteiger partial charge in [-0.15, -0.1) is 0 Å². The van der Waals surface area contributed by atoms with Crippen molar-refractivity contribution < 1.29 is 47.8 Å². The van der Waals surface area contributed by atoms with E-state index in [-0.39, 0.29) is 19.4 Å². The first-order valence-electron chi connectivity index (χ1n) is 28.1. The van der Waals surface area contributed by atoms with Gasteiger partial charge in [-0.05, 0) is 32.1 Å². The third-order valence-electron chi connectivity index (χ3n) is 12.7. The number of phosphoric ester groups is 1. The van der Waals surface area contributed by atoms with Crippen molar-refractivity contribution in [1.82, 2.24) is 0 Å². The fourth-order valence-corrected chi connectivity index (χ4v) is 9.14. The molecule has 0 aromatic carbocycles. The standard InChI is InChI=1S/C55H107O10P/c1-3-5-7-9-11-13-15-17-19-21-23-25-26-27-29-30-32-34-36-38-40-42-44-46-54(58)62-50-53(51-64-66(60,61)63-49-52(57)48-56)65-55(59)47-45-43-41-39-37-35-33-31-28-24-22-20-18-16-14-12-10-8-6-4-2/h38,40,52-53,56-57H,3-37,39,41-51H2,1-2H3,(H,60,61)/b40-38+/t52-,53+/m0/s1. The SMILES string of the molecule is CCCCCCCCCCCCCCCCCCCC/C=C/CCCC(=O)OC[C@H](COP(=O)(O)OC[C@@H](O)CO)OC(=O)CCCCCCCCCCCCCCCCCCCCCC. The molecule has 0 fully saturated rings. The van der Waals surface area contributed by atoms with Crippen molar-refractivity contribution in [1.29, 1.82) is 0 Å². The van der Waals surface area contributed by atoms with Crippen molar-refractivity contribution in [2.45, 2.75) is 302 Å². The number of carbonyl (C=O) groups excluding carboxylic acids is 2. The fourth-order valence-electron chi connectivity index (χ4n) is 8.35. The van der Waals surface area contributed by atoms with Crippen LogP contribution in [0.2, 0.25) is 0 Å². The number of hydrogen-bond acceptors (Lipinski definition) is 9. The summed E-state index contributed by atoms with van der Waals surface area (Å²) in [6, 6.07) is 0. The van der Waals surface area contributed by atoms with Gasteiger partial charge in [0.05, 0.1) is 19.8 Å². The van der Waals surface area contributed by atoms with Gasteiger partial charge in [0.25, 0.3) is 0 Å². The third kappa shape index (κ3) is 50.6. The number of allylic oxidation sites excluding steroid dienone is 2. The summed E-state index contributed by atoms with van der Waals surface area (Å²) in [4.78, 5) is 35.2. The zero-order valence-electron chi connectivity index (χ0n) is 43.2. The van der Waals surface area contributed by atoms with Gasteiger partial charge in [-0.25, -0.2) is 4.57 Å². The van der Waals surface area contributed by atoms with Crippen LogP contribution in [-0.2, 0) is 32.7 Å². The van der Waals surface area contributed by atoms with E-state index in [2.05, 4.69) is 26.0 Å². The van der Waals surface area contributed by atoms with Crippen molar-refractivity contribution in [3.05, 3.63) is 12.2 Å². The number of ether oxygens (including phenoxy) is 2. The van der Waals surface area contributed by atoms with Crippen LogP contribution in [0.5, 0.6) is 0 Å². The summed E-state index contributed by atoms with van der Waals surface area (Å²) < 4.78 is 32.9. The van der Waals surface area contributed by atoms with E-state index in [9.17, 15) is 24.2 Å². The van der Waals surface area contributed by atoms with E-state index in [4.69, 9.17) is 23.6 Å². The Morgan fingerprint density at radius 3 is 1.14 bits per heavy atom. The van der Waals surface area contributed by atoms with E-state index in [1.165, 1.54) is 218 Å². The van der Waals surface area contributed by atoms with Gasteiger partial charge in [0, 0.05) is 12.8 Å². The van der Waals surface area contributed by atoms with Crippen molar-refractivity contribution >= 4 is 19.8 Å². The molecule has 0 aromatic heterocycles. The zero-order valence-corrected chi connectivity index (χ0v) is 44.1. The lowest BCUT2D eigenvalue weighted by Crippen LogP contribution is -2.29. The van der Waals surface area contributed by atoms with Crippen LogP contribution in [0.25, 0.3) is 0 Å². The predicted molar refractivity (Wildman–Crippen MR) is 275 cm³/mol. The summed E-state index contributed by atoms with van der Waals surface area (Å²) in [7, 11) is -4.63. The minimum Gasteiger partial charge on any atom is -0.462 e. The highest BCUT2D eigenvalue weighted by molar-refractivity contribution is 7.47. The first kappa shape index (κ1) is 64.7. The molecular weight excluding hydrogens is 852 g/mol. The van der Waals surface area contributed by atoms with Crippen molar-refractivity contribution in [2.75, 3.05) is 26.4 Å². The van der Waals surface area contributed by atoms with E-state index in [0.717, 1.165) is 32.1 Å². The van der Waals surface area contributed by atoms with Crippen molar-refractivity contribution in [2.24, 2.45) is 0 Å². The summed E-state index contributed by atoms with van der Waals surface area (Å²) in [5.41, 5.74) is 0. The van der Waals surface area contributed by atoms with E-state index in [0.29, 0.717) is 12.8 Å². The lowest BCUT2D eigenvalue weighted by molar-refractivity contribution is -0.161. The lowest BCUT2D eigenvalue weighted by atomic mass is 10.0. The van der Waals surface area contributed by atoms with Crippen LogP contribution in [-0.4, -0.2) is 65.7 Å². The molecular formula is C55H107O10P. The van der Waals surface area contributed by atoms with Gasteiger partial charge in [0.1, 0.15) is 12.7 Å². The number of unbranched alkanes of at least 4 members (excludes halogenated alkanes) is 38. The van der Waals surface area contributed by atoms with Crippen molar-refractivity contribution in [3.63, 3.8) is 0 Å². The Morgan fingerprint density at radius 2 is 0.758 bits per heavy atom. The molecule has 0 bridgehead atoms. The maximum Gasteiger partial charge on any atom is 0.472 e. The second kappa shape index (κ2) is 51.6. The third-order valence-corrected chi connectivity index (χ3v) is 13.6. The molecule has 10 nitrogen and oxygen atoms in total. The Bertz CT molecular complexity index is 1100. The summed E-state index contributed by atoms with van der Waals surface area (Å²) in [5.74, 6) is -0.942. The molecule has 0 saturated heterocycles. The molecule has 0 aromatic rings. The van der Waals surface area contributed by atoms with E-state index in [1.807, 2.05) is 0 Å². The van der Waals surface area contributed by atoms with Crippen LogP contribution in [0.15, 0.2) is 12.2 Å². The second-order valence-corrected chi connectivity index (χ2v) is 20.8.